The molecule has 3 atom stereocenters. The van der Waals surface area contributed by atoms with Crippen LogP contribution in [0.5, 0.6) is 0 Å². The molecule has 0 aromatic heterocycles. The lowest BCUT2D eigenvalue weighted by atomic mass is 10.1. The molecular weight excluding hydrogens is 204 g/mol. The van der Waals surface area contributed by atoms with Gasteiger partial charge in [0.2, 0.25) is 0 Å². The van der Waals surface area contributed by atoms with Crippen molar-refractivity contribution in [1.82, 2.24) is 21.1 Å². The van der Waals surface area contributed by atoms with Crippen molar-refractivity contribution < 1.29 is 20.2 Å². The molecule has 3 unspecified atom stereocenters. The molecule has 2 aliphatic rings. The van der Waals surface area contributed by atoms with Gasteiger partial charge in [0.1, 0.15) is 5.92 Å². The van der Waals surface area contributed by atoms with E-state index in [1.54, 1.807) is 0 Å². The third-order valence-corrected chi connectivity index (χ3v) is 2.35. The molecule has 2 heterocycles. The van der Waals surface area contributed by atoms with E-state index in [0.717, 1.165) is 0 Å². The highest BCUT2D eigenvalue weighted by Crippen LogP contribution is 2.12. The summed E-state index contributed by atoms with van der Waals surface area (Å²) in [5.41, 5.74) is 2.84. The van der Waals surface area contributed by atoms with Crippen molar-refractivity contribution in [3.8, 4) is 0 Å². The van der Waals surface area contributed by atoms with Crippen LogP contribution >= 0.6 is 0 Å². The van der Waals surface area contributed by atoms with E-state index in [-0.39, 0.29) is 24.5 Å². The Labute approximate surface area is 85.9 Å². The molecule has 0 aromatic carbocycles. The molecule has 8 heteroatoms. The molecule has 86 valence electrons. The van der Waals surface area contributed by atoms with E-state index in [4.69, 9.17) is 5.11 Å². The Morgan fingerprint density at radius 1 is 1.60 bits per heavy atom. The average molecular weight is 218 g/mol. The van der Waals surface area contributed by atoms with Gasteiger partial charge in [-0.1, -0.05) is 0 Å². The Morgan fingerprint density at radius 2 is 2.27 bits per heavy atom. The van der Waals surface area contributed by atoms with Gasteiger partial charge in [0.25, 0.3) is 5.91 Å². The molecule has 0 spiro atoms. The van der Waals surface area contributed by atoms with Crippen LogP contribution < -0.4 is 16.1 Å². The quantitative estimate of drug-likeness (QED) is 0.348. The Bertz CT molecular complexity index is 284. The van der Waals surface area contributed by atoms with Crippen molar-refractivity contribution in [3.05, 3.63) is 0 Å². The van der Waals surface area contributed by atoms with E-state index in [0.29, 0.717) is 0 Å². The molecule has 0 saturated carbocycles. The van der Waals surface area contributed by atoms with Gasteiger partial charge in [-0.3, -0.25) is 20.2 Å². The van der Waals surface area contributed by atoms with E-state index < -0.39 is 17.8 Å². The van der Waals surface area contributed by atoms with Gasteiger partial charge in [0.05, 0.1) is 6.17 Å². The lowest BCUT2D eigenvalue weighted by Crippen LogP contribution is -2.62. The molecule has 2 saturated heterocycles. The summed E-state index contributed by atoms with van der Waals surface area (Å²) in [6.07, 6.45) is -0.336. The van der Waals surface area contributed by atoms with E-state index in [9.17, 15) is 9.59 Å². The summed E-state index contributed by atoms with van der Waals surface area (Å²) >= 11 is 0. The summed E-state index contributed by atoms with van der Waals surface area (Å²) in [5.74, 6) is -2.49. The molecule has 15 heavy (non-hydrogen) atoms. The van der Waals surface area contributed by atoms with E-state index in [1.807, 2.05) is 6.92 Å². The second-order valence-electron chi connectivity index (χ2n) is 3.43. The molecular formula is C7H14N4O4. The molecule has 2 aliphatic heterocycles. The first-order valence-corrected chi connectivity index (χ1v) is 4.41. The van der Waals surface area contributed by atoms with E-state index in [1.165, 1.54) is 5.01 Å². The molecule has 8 nitrogen and oxygen atoms in total. The summed E-state index contributed by atoms with van der Waals surface area (Å²) in [4.78, 5) is 22.3. The highest BCUT2D eigenvalue weighted by molar-refractivity contribution is 5.97. The van der Waals surface area contributed by atoms with Gasteiger partial charge in [-0.25, -0.2) is 10.4 Å². The maximum Gasteiger partial charge on any atom is 0.317 e. The minimum atomic E-state index is -1.10. The Hall–Kier alpha value is -1.22. The SMILES string of the molecule is CC1NC2NCC(C(=O)O)C(=O)N2N1.O. The number of nitrogens with zero attached hydrogens (tertiary/aromatic N) is 1. The normalized spacial score (nSPS) is 34.6. The van der Waals surface area contributed by atoms with Crippen LogP contribution in [-0.4, -0.2) is 46.5 Å². The van der Waals surface area contributed by atoms with Crippen molar-refractivity contribution in [3.63, 3.8) is 0 Å². The van der Waals surface area contributed by atoms with E-state index >= 15 is 0 Å². The molecule has 2 fully saturated rings. The number of hydrogen-bond donors (Lipinski definition) is 4. The summed E-state index contributed by atoms with van der Waals surface area (Å²) in [5, 5.41) is 16.0. The van der Waals surface area contributed by atoms with Gasteiger partial charge in [0.15, 0.2) is 6.29 Å². The number of carbonyl (C=O) groups excluding carboxylic acids is 1. The van der Waals surface area contributed by atoms with Gasteiger partial charge in [-0.05, 0) is 6.92 Å². The van der Waals surface area contributed by atoms with Crippen LogP contribution in [0, 0.1) is 5.92 Å². The molecule has 0 aliphatic carbocycles. The standard InChI is InChI=1S/C7H12N4O3.H2O/c1-3-9-7-8-2-4(6(13)14)5(12)11(7)10-3;/h3-4,7-10H,2H2,1H3,(H,13,14);1H2. The van der Waals surface area contributed by atoms with Gasteiger partial charge in [-0.2, -0.15) is 0 Å². The van der Waals surface area contributed by atoms with Gasteiger partial charge in [0, 0.05) is 6.54 Å². The molecule has 0 radical (unpaired) electrons. The van der Waals surface area contributed by atoms with Crippen molar-refractivity contribution >= 4 is 11.9 Å². The lowest BCUT2D eigenvalue weighted by Gasteiger charge is -2.32. The van der Waals surface area contributed by atoms with Crippen LogP contribution in [0.4, 0.5) is 0 Å². The number of nitrogens with one attached hydrogen (secondary N) is 3. The van der Waals surface area contributed by atoms with Crippen LogP contribution in [0.25, 0.3) is 0 Å². The monoisotopic (exact) mass is 218 g/mol. The molecule has 2 rings (SSSR count). The number of amides is 1. The molecule has 0 aromatic rings. The number of carboxylic acid groups (broad SMARTS) is 1. The smallest absolute Gasteiger partial charge is 0.317 e. The minimum Gasteiger partial charge on any atom is -0.481 e. The van der Waals surface area contributed by atoms with Crippen molar-refractivity contribution in [2.75, 3.05) is 6.54 Å². The van der Waals surface area contributed by atoms with Crippen LogP contribution in [0.1, 0.15) is 6.92 Å². The van der Waals surface area contributed by atoms with Crippen molar-refractivity contribution in [2.45, 2.75) is 19.4 Å². The number of fused-ring (bicyclic) bond motifs is 1. The highest BCUT2D eigenvalue weighted by atomic mass is 16.4. The molecule has 0 bridgehead atoms. The maximum atomic E-state index is 11.6. The Morgan fingerprint density at radius 3 is 2.87 bits per heavy atom. The lowest BCUT2D eigenvalue weighted by molar-refractivity contribution is -0.156. The van der Waals surface area contributed by atoms with Crippen LogP contribution in [0.15, 0.2) is 0 Å². The molecule has 1 amide bonds. The average Bonchev–Trinajstić information content (AvgIpc) is 2.46. The fourth-order valence-electron chi connectivity index (χ4n) is 1.65. The zero-order chi connectivity index (χ0) is 10.3. The fraction of sp³-hybridized carbons (Fsp3) is 0.714. The first-order chi connectivity index (χ1) is 6.59. The highest BCUT2D eigenvalue weighted by Gasteiger charge is 2.43. The van der Waals surface area contributed by atoms with Crippen LogP contribution in [0.2, 0.25) is 0 Å². The molecule has 6 N–H and O–H groups in total. The number of rotatable bonds is 1. The van der Waals surface area contributed by atoms with Gasteiger partial charge in [-0.15, -0.1) is 0 Å². The third kappa shape index (κ3) is 1.92. The van der Waals surface area contributed by atoms with Crippen molar-refractivity contribution in [2.24, 2.45) is 5.92 Å². The third-order valence-electron chi connectivity index (χ3n) is 2.35. The first kappa shape index (κ1) is 11.9. The second kappa shape index (κ2) is 4.11. The van der Waals surface area contributed by atoms with Crippen LogP contribution in [0.3, 0.4) is 0 Å². The predicted molar refractivity (Wildman–Crippen MR) is 49.1 cm³/mol. The van der Waals surface area contributed by atoms with Gasteiger partial charge >= 0.3 is 5.97 Å². The predicted octanol–water partition coefficient (Wildman–Crippen LogP) is -2.97. The Kier molecular flexibility index (Phi) is 3.25. The second-order valence-corrected chi connectivity index (χ2v) is 3.43. The number of hydrazine groups is 1. The topological polar surface area (TPSA) is 125 Å². The summed E-state index contributed by atoms with van der Waals surface area (Å²) < 4.78 is 0. The van der Waals surface area contributed by atoms with E-state index in [2.05, 4.69) is 16.1 Å². The summed E-state index contributed by atoms with van der Waals surface area (Å²) in [6, 6.07) is 0. The summed E-state index contributed by atoms with van der Waals surface area (Å²) in [6.45, 7) is 2.01. The number of carboxylic acids is 1. The Balaban J connectivity index is 0.00000112. The first-order valence-electron chi connectivity index (χ1n) is 4.41. The number of carbonyl (C=O) groups is 2. The minimum absolute atomic E-state index is 0. The van der Waals surface area contributed by atoms with Gasteiger partial charge < -0.3 is 10.6 Å². The zero-order valence-corrected chi connectivity index (χ0v) is 8.15. The zero-order valence-electron chi connectivity index (χ0n) is 8.15. The fourth-order valence-corrected chi connectivity index (χ4v) is 1.65. The van der Waals surface area contributed by atoms with Crippen LogP contribution in [-0.2, 0) is 9.59 Å². The summed E-state index contributed by atoms with van der Waals surface area (Å²) in [7, 11) is 0. The largest absolute Gasteiger partial charge is 0.481 e. The van der Waals surface area contributed by atoms with Crippen molar-refractivity contribution in [1.29, 1.82) is 0 Å². The number of hydrogen-bond acceptors (Lipinski definition) is 5. The number of aliphatic carboxylic acids is 1. The maximum absolute atomic E-state index is 11.6.